The van der Waals surface area contributed by atoms with Gasteiger partial charge in [0.05, 0.1) is 6.33 Å². The van der Waals surface area contributed by atoms with Gasteiger partial charge in [-0.1, -0.05) is 6.07 Å². The maximum Gasteiger partial charge on any atom is 0.250 e. The molecule has 6 nitrogen and oxygen atoms in total. The number of rotatable bonds is 4. The Bertz CT molecular complexity index is 789. The molecular weight excluding hydrogens is 280 g/mol. The molecule has 0 saturated heterocycles. The number of nitrogens with one attached hydrogen (secondary N) is 2. The van der Waals surface area contributed by atoms with E-state index in [1.165, 1.54) is 18.5 Å². The fraction of sp³-hybridized carbons (Fsp3) is 0.154. The van der Waals surface area contributed by atoms with Crippen molar-refractivity contribution in [2.75, 3.05) is 11.9 Å². The minimum absolute atomic E-state index is 0.0675. The van der Waals surface area contributed by atoms with E-state index in [4.69, 9.17) is 4.74 Å². The number of halogens is 2. The molecule has 2 N–H and O–H groups in total. The second-order valence-electron chi connectivity index (χ2n) is 4.14. The van der Waals surface area contributed by atoms with Crippen LogP contribution in [0.4, 0.5) is 14.7 Å². The third-order valence-electron chi connectivity index (χ3n) is 2.71. The van der Waals surface area contributed by atoms with Crippen LogP contribution in [0.2, 0.25) is 0 Å². The summed E-state index contributed by atoms with van der Waals surface area (Å²) in [6.45, 7) is 2.48. The van der Waals surface area contributed by atoms with Gasteiger partial charge in [-0.15, -0.1) is 0 Å². The molecule has 0 unspecified atom stereocenters. The van der Waals surface area contributed by atoms with Crippen LogP contribution in [0.15, 0.2) is 24.5 Å². The first-order valence-electron chi connectivity index (χ1n) is 6.26. The highest BCUT2D eigenvalue weighted by Crippen LogP contribution is 2.29. The first-order valence-corrected chi connectivity index (χ1v) is 6.26. The molecule has 2 heterocycles. The highest BCUT2D eigenvalue weighted by Gasteiger charge is 2.15. The molecule has 3 rings (SSSR count). The summed E-state index contributed by atoms with van der Waals surface area (Å²) in [7, 11) is 0. The lowest BCUT2D eigenvalue weighted by Crippen LogP contribution is -2.04. The van der Waals surface area contributed by atoms with Crippen molar-refractivity contribution < 1.29 is 13.5 Å². The average Bonchev–Trinajstić information content (AvgIpc) is 2.93. The predicted molar refractivity (Wildman–Crippen MR) is 72.3 cm³/mol. The molecule has 0 atom stereocenters. The molecule has 2 aromatic heterocycles. The van der Waals surface area contributed by atoms with Gasteiger partial charge in [-0.3, -0.25) is 0 Å². The Kier molecular flexibility index (Phi) is 3.35. The summed E-state index contributed by atoms with van der Waals surface area (Å²) < 4.78 is 32.3. The lowest BCUT2D eigenvalue weighted by atomic mass is 10.3. The van der Waals surface area contributed by atoms with Crippen LogP contribution in [0.1, 0.15) is 6.92 Å². The average molecular weight is 291 g/mol. The lowest BCUT2D eigenvalue weighted by molar-refractivity contribution is 0.408. The Morgan fingerprint density at radius 1 is 1.29 bits per heavy atom. The summed E-state index contributed by atoms with van der Waals surface area (Å²) in [5.74, 6) is -1.96. The van der Waals surface area contributed by atoms with Crippen molar-refractivity contribution in [2.24, 2.45) is 0 Å². The maximum atomic E-state index is 13.7. The highest BCUT2D eigenvalue weighted by molar-refractivity contribution is 5.77. The third-order valence-corrected chi connectivity index (χ3v) is 2.71. The van der Waals surface area contributed by atoms with Crippen LogP contribution >= 0.6 is 0 Å². The number of aromatic amines is 1. The number of H-pyrrole nitrogens is 1. The quantitative estimate of drug-likeness (QED) is 0.773. The zero-order valence-electron chi connectivity index (χ0n) is 11.0. The zero-order chi connectivity index (χ0) is 14.8. The SMILES string of the molecule is CCNc1nc(Oc2cccc(F)c2F)c2[nH]cnc2n1. The minimum Gasteiger partial charge on any atom is -0.434 e. The van der Waals surface area contributed by atoms with E-state index in [0.29, 0.717) is 23.7 Å². The topological polar surface area (TPSA) is 75.7 Å². The van der Waals surface area contributed by atoms with Crippen molar-refractivity contribution in [3.8, 4) is 11.6 Å². The molecule has 8 heteroatoms. The van der Waals surface area contributed by atoms with Gasteiger partial charge in [-0.2, -0.15) is 14.4 Å². The predicted octanol–water partition coefficient (Wildman–Crippen LogP) is 2.86. The van der Waals surface area contributed by atoms with Crippen LogP contribution in [0.25, 0.3) is 11.2 Å². The van der Waals surface area contributed by atoms with Crippen LogP contribution in [-0.2, 0) is 0 Å². The molecule has 21 heavy (non-hydrogen) atoms. The molecule has 0 aliphatic heterocycles. The molecule has 0 aliphatic carbocycles. The number of aromatic nitrogens is 4. The van der Waals surface area contributed by atoms with Crippen molar-refractivity contribution in [1.29, 1.82) is 0 Å². The fourth-order valence-corrected chi connectivity index (χ4v) is 1.78. The van der Waals surface area contributed by atoms with Crippen molar-refractivity contribution >= 4 is 17.1 Å². The van der Waals surface area contributed by atoms with E-state index in [9.17, 15) is 8.78 Å². The summed E-state index contributed by atoms with van der Waals surface area (Å²) in [6.07, 6.45) is 1.42. The summed E-state index contributed by atoms with van der Waals surface area (Å²) in [5.41, 5.74) is 0.771. The molecule has 0 radical (unpaired) electrons. The van der Waals surface area contributed by atoms with Crippen LogP contribution in [-0.4, -0.2) is 26.5 Å². The zero-order valence-corrected chi connectivity index (χ0v) is 11.0. The first kappa shape index (κ1) is 13.2. The molecule has 0 aliphatic rings. The Morgan fingerprint density at radius 3 is 2.95 bits per heavy atom. The number of hydrogen-bond acceptors (Lipinski definition) is 5. The number of benzene rings is 1. The van der Waals surface area contributed by atoms with E-state index < -0.39 is 11.6 Å². The summed E-state index contributed by atoms with van der Waals surface area (Å²) in [6, 6.07) is 3.68. The van der Waals surface area contributed by atoms with Crippen molar-refractivity contribution in [3.63, 3.8) is 0 Å². The molecule has 3 aromatic rings. The van der Waals surface area contributed by atoms with Gasteiger partial charge in [0.1, 0.15) is 5.52 Å². The van der Waals surface area contributed by atoms with E-state index in [1.807, 2.05) is 6.92 Å². The fourth-order valence-electron chi connectivity index (χ4n) is 1.78. The number of fused-ring (bicyclic) bond motifs is 1. The maximum absolute atomic E-state index is 13.7. The van der Waals surface area contributed by atoms with Gasteiger partial charge >= 0.3 is 0 Å². The van der Waals surface area contributed by atoms with Gasteiger partial charge in [-0.25, -0.2) is 9.37 Å². The number of anilines is 1. The summed E-state index contributed by atoms with van der Waals surface area (Å²) in [5, 5.41) is 2.92. The van der Waals surface area contributed by atoms with Crippen LogP contribution < -0.4 is 10.1 Å². The number of hydrogen-bond donors (Lipinski definition) is 2. The molecular formula is C13H11F2N5O. The first-order chi connectivity index (χ1) is 10.2. The Morgan fingerprint density at radius 2 is 2.14 bits per heavy atom. The third kappa shape index (κ3) is 2.47. The van der Waals surface area contributed by atoms with E-state index in [-0.39, 0.29) is 11.6 Å². The second-order valence-corrected chi connectivity index (χ2v) is 4.14. The lowest BCUT2D eigenvalue weighted by Gasteiger charge is -2.08. The molecule has 1 aromatic carbocycles. The normalized spacial score (nSPS) is 10.8. The Labute approximate surface area is 118 Å². The smallest absolute Gasteiger partial charge is 0.250 e. The summed E-state index contributed by atoms with van der Waals surface area (Å²) in [4.78, 5) is 15.1. The van der Waals surface area contributed by atoms with E-state index in [0.717, 1.165) is 6.07 Å². The highest BCUT2D eigenvalue weighted by atomic mass is 19.2. The van der Waals surface area contributed by atoms with Crippen LogP contribution in [0.3, 0.4) is 0 Å². The second kappa shape index (κ2) is 5.31. The Hall–Kier alpha value is -2.77. The van der Waals surface area contributed by atoms with Gasteiger partial charge in [-0.05, 0) is 19.1 Å². The van der Waals surface area contributed by atoms with Crippen LogP contribution in [0.5, 0.6) is 11.6 Å². The number of imidazole rings is 1. The summed E-state index contributed by atoms with van der Waals surface area (Å²) >= 11 is 0. The van der Waals surface area contributed by atoms with Gasteiger partial charge in [0.2, 0.25) is 11.8 Å². The van der Waals surface area contributed by atoms with Gasteiger partial charge in [0, 0.05) is 6.54 Å². The van der Waals surface area contributed by atoms with E-state index in [2.05, 4.69) is 25.3 Å². The Balaban J connectivity index is 2.06. The van der Waals surface area contributed by atoms with Gasteiger partial charge in [0.15, 0.2) is 17.2 Å². The van der Waals surface area contributed by atoms with E-state index in [1.54, 1.807) is 0 Å². The van der Waals surface area contributed by atoms with Crippen molar-refractivity contribution in [3.05, 3.63) is 36.2 Å². The molecule has 0 saturated carbocycles. The number of nitrogens with zero attached hydrogens (tertiary/aromatic N) is 3. The van der Waals surface area contributed by atoms with Crippen molar-refractivity contribution in [1.82, 2.24) is 19.9 Å². The van der Waals surface area contributed by atoms with E-state index >= 15 is 0 Å². The molecule has 0 spiro atoms. The largest absolute Gasteiger partial charge is 0.434 e. The van der Waals surface area contributed by atoms with Crippen molar-refractivity contribution in [2.45, 2.75) is 6.92 Å². The molecule has 108 valence electrons. The standard InChI is InChI=1S/C13H11F2N5O/c1-2-16-13-19-11-10(17-6-18-11)12(20-13)21-8-5-3-4-7(14)9(8)15/h3-6H,2H2,1H3,(H2,16,17,18,19,20). The van der Waals surface area contributed by atoms with Gasteiger partial charge < -0.3 is 15.0 Å². The number of ether oxygens (including phenoxy) is 1. The van der Waals surface area contributed by atoms with Crippen LogP contribution in [0, 0.1) is 11.6 Å². The molecule has 0 amide bonds. The molecule has 0 fully saturated rings. The molecule has 0 bridgehead atoms. The monoisotopic (exact) mass is 291 g/mol. The van der Waals surface area contributed by atoms with Gasteiger partial charge in [0.25, 0.3) is 5.88 Å². The minimum atomic E-state index is -1.08.